The third-order valence-corrected chi connectivity index (χ3v) is 5.20. The third kappa shape index (κ3) is 9.29. The highest BCUT2D eigenvalue weighted by Gasteiger charge is 2.40. The van der Waals surface area contributed by atoms with Crippen molar-refractivity contribution in [2.24, 2.45) is 5.92 Å². The molecule has 2 aromatic rings. The average Bonchev–Trinajstić information content (AvgIpc) is 3.45. The fraction of sp³-hybridized carbons (Fsp3) is 0.545. The van der Waals surface area contributed by atoms with Gasteiger partial charge in [0.1, 0.15) is 0 Å². The Bertz CT molecular complexity index is 782. The molecule has 8 nitrogen and oxygen atoms in total. The van der Waals surface area contributed by atoms with E-state index < -0.39 is 17.9 Å². The number of nitrogens with zero attached hydrogens (tertiary/aromatic N) is 1. The third-order valence-electron chi connectivity index (χ3n) is 5.20. The zero-order valence-electron chi connectivity index (χ0n) is 18.2. The van der Waals surface area contributed by atoms with Gasteiger partial charge >= 0.3 is 6.09 Å². The Morgan fingerprint density at radius 1 is 1.25 bits per heavy atom. The minimum Gasteiger partial charge on any atom is -0.465 e. The summed E-state index contributed by atoms with van der Waals surface area (Å²) in [4.78, 5) is 13.9. The maximum absolute atomic E-state index is 13.2. The lowest BCUT2D eigenvalue weighted by Crippen LogP contribution is -2.46. The number of hydrogen-bond acceptors (Lipinski definition) is 6. The Labute approximate surface area is 186 Å². The lowest BCUT2D eigenvalue weighted by atomic mass is 9.91. The lowest BCUT2D eigenvalue weighted by molar-refractivity contribution is -0.0754. The largest absolute Gasteiger partial charge is 0.465 e. The molecule has 2 unspecified atom stereocenters. The molecular formula is C22H32F2N4O4. The molecule has 0 radical (unpaired) electrons. The molecule has 3 heterocycles. The summed E-state index contributed by atoms with van der Waals surface area (Å²) in [6.07, 6.45) is 3.45. The molecule has 4 rings (SSSR count). The van der Waals surface area contributed by atoms with Crippen LogP contribution in [0.25, 0.3) is 11.3 Å². The molecule has 1 aromatic heterocycles. The predicted molar refractivity (Wildman–Crippen MR) is 117 cm³/mol. The number of β-amino-alcohol motifs (C(OH)–C–C–N with tert-alkyl or cyclic N) is 1. The van der Waals surface area contributed by atoms with Crippen molar-refractivity contribution < 1.29 is 28.2 Å². The number of carboxylic acid groups (broad SMARTS) is 1. The van der Waals surface area contributed by atoms with Crippen LogP contribution in [0.15, 0.2) is 41.3 Å². The molecule has 1 aromatic carbocycles. The van der Waals surface area contributed by atoms with Crippen molar-refractivity contribution in [2.45, 2.75) is 38.2 Å². The van der Waals surface area contributed by atoms with Gasteiger partial charge in [-0.1, -0.05) is 29.8 Å². The van der Waals surface area contributed by atoms with Gasteiger partial charge < -0.3 is 30.6 Å². The number of aryl methyl sites for hydroxylation is 1. The van der Waals surface area contributed by atoms with E-state index in [1.54, 1.807) is 6.20 Å². The van der Waals surface area contributed by atoms with Crippen LogP contribution in [0.4, 0.5) is 13.6 Å². The fourth-order valence-electron chi connectivity index (χ4n) is 3.31. The first-order valence-corrected chi connectivity index (χ1v) is 10.7. The number of piperidine rings is 1. The Kier molecular flexibility index (Phi) is 10.5. The second-order valence-electron chi connectivity index (χ2n) is 7.82. The first-order valence-electron chi connectivity index (χ1n) is 10.7. The first kappa shape index (κ1) is 25.7. The van der Waals surface area contributed by atoms with Crippen LogP contribution < -0.4 is 16.0 Å². The number of alkyl halides is 2. The number of amides is 1. The van der Waals surface area contributed by atoms with Gasteiger partial charge in [0, 0.05) is 24.6 Å². The van der Waals surface area contributed by atoms with E-state index >= 15 is 0 Å². The van der Waals surface area contributed by atoms with Crippen molar-refractivity contribution in [3.05, 3.63) is 42.4 Å². The molecule has 2 saturated heterocycles. The number of rotatable bonds is 4. The summed E-state index contributed by atoms with van der Waals surface area (Å²) in [6, 6.07) is 8.15. The molecular weight excluding hydrogens is 422 g/mol. The highest BCUT2D eigenvalue weighted by Crippen LogP contribution is 2.31. The number of halogens is 2. The minimum atomic E-state index is -2.71. The number of hydrogen-bond donors (Lipinski definition) is 5. The number of aliphatic hydroxyl groups excluding tert-OH is 1. The molecule has 0 bridgehead atoms. The van der Waals surface area contributed by atoms with Gasteiger partial charge in [-0.2, -0.15) is 0 Å². The molecule has 10 heteroatoms. The summed E-state index contributed by atoms with van der Waals surface area (Å²) in [5.74, 6) is -2.61. The summed E-state index contributed by atoms with van der Waals surface area (Å²) in [6.45, 7) is 4.21. The van der Waals surface area contributed by atoms with Crippen LogP contribution in [0.5, 0.6) is 0 Å². The molecule has 32 heavy (non-hydrogen) atoms. The van der Waals surface area contributed by atoms with E-state index in [-0.39, 0.29) is 25.6 Å². The second kappa shape index (κ2) is 13.1. The van der Waals surface area contributed by atoms with Crippen molar-refractivity contribution in [3.8, 4) is 11.3 Å². The Balaban J connectivity index is 0.000000182. The molecule has 2 aliphatic heterocycles. The highest BCUT2D eigenvalue weighted by atomic mass is 19.3. The van der Waals surface area contributed by atoms with Gasteiger partial charge in [0.15, 0.2) is 12.2 Å². The standard InChI is InChI=1S/C10H9NO.C8H14F2N2O2.C4H9NO/c1-8-2-4-9(5-3-8)10-6-11-7-12-10;9-8(10)5-11-3-1-6(8)2-4-12-7(13)14;6-4-1-2-5-3-4/h2-7H,1H3;6,11-12H,1-5H2,(H,13,14);4-6H,1-3H2. The molecule has 2 fully saturated rings. The number of oxazole rings is 1. The summed E-state index contributed by atoms with van der Waals surface area (Å²) < 4.78 is 31.5. The number of aliphatic hydroxyl groups is 1. The van der Waals surface area contributed by atoms with Gasteiger partial charge in [-0.3, -0.25) is 0 Å². The second-order valence-corrected chi connectivity index (χ2v) is 7.82. The van der Waals surface area contributed by atoms with Crippen LogP contribution in [0.1, 0.15) is 24.8 Å². The number of nitrogens with one attached hydrogen (secondary N) is 3. The lowest BCUT2D eigenvalue weighted by Gasteiger charge is -2.31. The maximum Gasteiger partial charge on any atom is 0.404 e. The van der Waals surface area contributed by atoms with Crippen LogP contribution >= 0.6 is 0 Å². The number of benzene rings is 1. The minimum absolute atomic E-state index is 0.0648. The van der Waals surface area contributed by atoms with E-state index in [1.807, 2.05) is 12.1 Å². The van der Waals surface area contributed by atoms with Crippen LogP contribution in [-0.2, 0) is 0 Å². The topological polar surface area (TPSA) is 120 Å². The molecule has 178 valence electrons. The first-order chi connectivity index (χ1) is 15.3. The number of aromatic nitrogens is 1. The van der Waals surface area contributed by atoms with Gasteiger partial charge in [-0.05, 0) is 39.3 Å². The molecule has 0 saturated carbocycles. The van der Waals surface area contributed by atoms with E-state index in [4.69, 9.17) is 14.6 Å². The van der Waals surface area contributed by atoms with E-state index in [2.05, 4.69) is 40.0 Å². The van der Waals surface area contributed by atoms with Crippen molar-refractivity contribution in [2.75, 3.05) is 32.7 Å². The Hall–Kier alpha value is -2.56. The number of carbonyl (C=O) groups is 1. The van der Waals surface area contributed by atoms with Gasteiger partial charge in [-0.25, -0.2) is 18.6 Å². The van der Waals surface area contributed by atoms with Crippen molar-refractivity contribution in [1.82, 2.24) is 20.9 Å². The highest BCUT2D eigenvalue weighted by molar-refractivity contribution is 5.64. The molecule has 0 aliphatic carbocycles. The van der Waals surface area contributed by atoms with Gasteiger partial charge in [0.2, 0.25) is 0 Å². The molecule has 2 atom stereocenters. The Morgan fingerprint density at radius 2 is 1.97 bits per heavy atom. The van der Waals surface area contributed by atoms with E-state index in [1.165, 1.54) is 12.0 Å². The molecule has 1 amide bonds. The van der Waals surface area contributed by atoms with E-state index in [9.17, 15) is 13.6 Å². The average molecular weight is 455 g/mol. The van der Waals surface area contributed by atoms with Crippen molar-refractivity contribution >= 4 is 6.09 Å². The van der Waals surface area contributed by atoms with Crippen LogP contribution in [0.2, 0.25) is 0 Å². The monoisotopic (exact) mass is 454 g/mol. The quantitative estimate of drug-likeness (QED) is 0.482. The molecule has 0 spiro atoms. The normalized spacial score (nSPS) is 21.5. The van der Waals surface area contributed by atoms with Crippen LogP contribution in [0.3, 0.4) is 0 Å². The summed E-state index contributed by atoms with van der Waals surface area (Å²) in [5.41, 5.74) is 2.32. The summed E-state index contributed by atoms with van der Waals surface area (Å²) in [5, 5.41) is 24.7. The van der Waals surface area contributed by atoms with E-state index in [0.29, 0.717) is 13.0 Å². The predicted octanol–water partition coefficient (Wildman–Crippen LogP) is 2.88. The van der Waals surface area contributed by atoms with Crippen LogP contribution in [0, 0.1) is 12.8 Å². The zero-order chi connectivity index (χ0) is 23.4. The van der Waals surface area contributed by atoms with E-state index in [0.717, 1.165) is 30.8 Å². The zero-order valence-corrected chi connectivity index (χ0v) is 18.2. The van der Waals surface area contributed by atoms with Gasteiger partial charge in [0.25, 0.3) is 5.92 Å². The molecule has 2 aliphatic rings. The van der Waals surface area contributed by atoms with Crippen LogP contribution in [-0.4, -0.2) is 66.0 Å². The summed E-state index contributed by atoms with van der Waals surface area (Å²) >= 11 is 0. The Morgan fingerprint density at radius 3 is 2.47 bits per heavy atom. The SMILES string of the molecule is Cc1ccc(-c2cnco2)cc1.O=C(O)NCCC1CCNCC1(F)F.OC1CCNC1. The maximum atomic E-state index is 13.2. The van der Waals surface area contributed by atoms with Crippen molar-refractivity contribution in [3.63, 3.8) is 0 Å². The molecule has 5 N–H and O–H groups in total. The fourth-order valence-corrected chi connectivity index (χ4v) is 3.31. The van der Waals surface area contributed by atoms with Crippen molar-refractivity contribution in [1.29, 1.82) is 0 Å². The van der Waals surface area contributed by atoms with Gasteiger partial charge in [-0.15, -0.1) is 0 Å². The van der Waals surface area contributed by atoms with Gasteiger partial charge in [0.05, 0.1) is 18.8 Å². The summed E-state index contributed by atoms with van der Waals surface area (Å²) in [7, 11) is 0. The smallest absolute Gasteiger partial charge is 0.404 e.